The summed E-state index contributed by atoms with van der Waals surface area (Å²) in [6.45, 7) is 1.93. The molecule has 1 aromatic carbocycles. The summed E-state index contributed by atoms with van der Waals surface area (Å²) in [6, 6.07) is 6.49. The molecule has 3 heteroatoms. The first kappa shape index (κ1) is 10.1. The van der Waals surface area contributed by atoms with E-state index in [1.165, 1.54) is 12.1 Å². The molecule has 2 atom stereocenters. The molecule has 1 saturated heterocycles. The van der Waals surface area contributed by atoms with Crippen molar-refractivity contribution in [3.63, 3.8) is 0 Å². The molecule has 0 spiro atoms. The average molecular weight is 207 g/mol. The first-order chi connectivity index (χ1) is 7.09. The molecule has 1 aromatic rings. The van der Waals surface area contributed by atoms with Crippen molar-refractivity contribution in [3.05, 3.63) is 35.6 Å². The van der Waals surface area contributed by atoms with E-state index in [1.54, 1.807) is 24.1 Å². The number of carbonyl (C=O) groups excluding carboxylic acids is 1. The number of hydrogen-bond donors (Lipinski definition) is 0. The predicted molar refractivity (Wildman–Crippen MR) is 55.7 cm³/mol. The molecule has 1 amide bonds. The third-order valence-electron chi connectivity index (χ3n) is 3.07. The van der Waals surface area contributed by atoms with Crippen molar-refractivity contribution in [2.45, 2.75) is 19.4 Å². The molecule has 1 heterocycles. The topological polar surface area (TPSA) is 20.3 Å². The van der Waals surface area contributed by atoms with Crippen LogP contribution in [0.1, 0.15) is 24.9 Å². The highest BCUT2D eigenvalue weighted by molar-refractivity contribution is 5.81. The third kappa shape index (κ3) is 1.74. The quantitative estimate of drug-likeness (QED) is 0.692. The van der Waals surface area contributed by atoms with E-state index in [-0.39, 0.29) is 23.7 Å². The Balaban J connectivity index is 2.25. The van der Waals surface area contributed by atoms with Crippen LogP contribution in [-0.4, -0.2) is 17.9 Å². The van der Waals surface area contributed by atoms with E-state index in [9.17, 15) is 9.18 Å². The lowest BCUT2D eigenvalue weighted by Crippen LogP contribution is -2.24. The van der Waals surface area contributed by atoms with Gasteiger partial charge in [-0.3, -0.25) is 4.79 Å². The van der Waals surface area contributed by atoms with Gasteiger partial charge in [-0.2, -0.15) is 0 Å². The number of rotatable bonds is 1. The van der Waals surface area contributed by atoms with Gasteiger partial charge in [0.05, 0.1) is 6.04 Å². The van der Waals surface area contributed by atoms with Crippen LogP contribution in [0.5, 0.6) is 0 Å². The van der Waals surface area contributed by atoms with Crippen LogP contribution in [0, 0.1) is 11.7 Å². The molecule has 0 bridgehead atoms. The fourth-order valence-corrected chi connectivity index (χ4v) is 2.14. The monoisotopic (exact) mass is 207 g/mol. The van der Waals surface area contributed by atoms with Crippen LogP contribution < -0.4 is 0 Å². The second-order valence-corrected chi connectivity index (χ2v) is 4.15. The summed E-state index contributed by atoms with van der Waals surface area (Å²) >= 11 is 0. The molecule has 2 unspecified atom stereocenters. The van der Waals surface area contributed by atoms with Crippen LogP contribution in [0.4, 0.5) is 4.39 Å². The lowest BCUT2D eigenvalue weighted by Gasteiger charge is -2.19. The highest BCUT2D eigenvalue weighted by Gasteiger charge is 2.34. The van der Waals surface area contributed by atoms with Crippen LogP contribution in [0.15, 0.2) is 24.3 Å². The maximum Gasteiger partial charge on any atom is 0.225 e. The zero-order valence-corrected chi connectivity index (χ0v) is 8.90. The number of halogens is 1. The summed E-state index contributed by atoms with van der Waals surface area (Å²) in [4.78, 5) is 13.4. The maximum atomic E-state index is 12.7. The fraction of sp³-hybridized carbons (Fsp3) is 0.417. The van der Waals surface area contributed by atoms with Gasteiger partial charge in [-0.1, -0.05) is 19.1 Å². The molecule has 1 aliphatic heterocycles. The molecule has 0 aromatic heterocycles. The van der Waals surface area contributed by atoms with Crippen molar-refractivity contribution in [3.8, 4) is 0 Å². The molecule has 0 N–H and O–H groups in total. The molecule has 1 aliphatic rings. The highest BCUT2D eigenvalue weighted by atomic mass is 19.1. The molecule has 2 rings (SSSR count). The van der Waals surface area contributed by atoms with Crippen LogP contribution in [0.2, 0.25) is 0 Å². The molecular formula is C12H14FNO. The second-order valence-electron chi connectivity index (χ2n) is 4.15. The molecule has 1 fully saturated rings. The smallest absolute Gasteiger partial charge is 0.225 e. The van der Waals surface area contributed by atoms with Crippen LogP contribution >= 0.6 is 0 Å². The van der Waals surface area contributed by atoms with Crippen molar-refractivity contribution in [1.82, 2.24) is 4.90 Å². The minimum Gasteiger partial charge on any atom is -0.338 e. The van der Waals surface area contributed by atoms with Crippen molar-refractivity contribution in [2.75, 3.05) is 7.05 Å². The SMILES string of the molecule is CC1CC(c2ccc(F)cc2)N(C)C1=O. The summed E-state index contributed by atoms with van der Waals surface area (Å²) in [5, 5.41) is 0. The summed E-state index contributed by atoms with van der Waals surface area (Å²) in [5.41, 5.74) is 1.01. The Bertz CT molecular complexity index is 374. The van der Waals surface area contributed by atoms with Crippen LogP contribution in [0.25, 0.3) is 0 Å². The fourth-order valence-electron chi connectivity index (χ4n) is 2.14. The third-order valence-corrected chi connectivity index (χ3v) is 3.07. The van der Waals surface area contributed by atoms with E-state index in [4.69, 9.17) is 0 Å². The predicted octanol–water partition coefficient (Wildman–Crippen LogP) is 2.37. The van der Waals surface area contributed by atoms with E-state index in [0.717, 1.165) is 12.0 Å². The van der Waals surface area contributed by atoms with Gasteiger partial charge < -0.3 is 4.90 Å². The molecule has 80 valence electrons. The zero-order chi connectivity index (χ0) is 11.0. The molecule has 0 radical (unpaired) electrons. The van der Waals surface area contributed by atoms with Gasteiger partial charge >= 0.3 is 0 Å². The van der Waals surface area contributed by atoms with Gasteiger partial charge in [-0.15, -0.1) is 0 Å². The Hall–Kier alpha value is -1.38. The number of nitrogens with zero attached hydrogens (tertiary/aromatic N) is 1. The van der Waals surface area contributed by atoms with Gasteiger partial charge in [-0.05, 0) is 24.1 Å². The minimum absolute atomic E-state index is 0.0741. The number of carbonyl (C=O) groups is 1. The maximum absolute atomic E-state index is 12.7. The summed E-state index contributed by atoms with van der Waals surface area (Å²) in [6.07, 6.45) is 0.820. The average Bonchev–Trinajstić information content (AvgIpc) is 2.47. The van der Waals surface area contributed by atoms with E-state index in [0.29, 0.717) is 0 Å². The Kier molecular flexibility index (Phi) is 2.47. The van der Waals surface area contributed by atoms with Crippen molar-refractivity contribution < 1.29 is 9.18 Å². The Morgan fingerprint density at radius 3 is 2.40 bits per heavy atom. The Morgan fingerprint density at radius 1 is 1.33 bits per heavy atom. The number of benzene rings is 1. The zero-order valence-electron chi connectivity index (χ0n) is 8.90. The van der Waals surface area contributed by atoms with Crippen molar-refractivity contribution >= 4 is 5.91 Å². The minimum atomic E-state index is -0.237. The summed E-state index contributed by atoms with van der Waals surface area (Å²) < 4.78 is 12.7. The molecule has 2 nitrogen and oxygen atoms in total. The molecule has 15 heavy (non-hydrogen) atoms. The van der Waals surface area contributed by atoms with Gasteiger partial charge in [0.25, 0.3) is 0 Å². The van der Waals surface area contributed by atoms with Gasteiger partial charge in [0.1, 0.15) is 5.82 Å². The Labute approximate surface area is 88.7 Å². The second kappa shape index (κ2) is 3.65. The van der Waals surface area contributed by atoms with E-state index in [1.807, 2.05) is 6.92 Å². The Morgan fingerprint density at radius 2 is 1.93 bits per heavy atom. The summed E-state index contributed by atoms with van der Waals surface area (Å²) in [5.74, 6) is 0.00755. The number of likely N-dealkylation sites (tertiary alicyclic amines) is 1. The number of amides is 1. The standard InChI is InChI=1S/C12H14FNO/c1-8-7-11(14(2)12(8)15)9-3-5-10(13)6-4-9/h3-6,8,11H,7H2,1-2H3. The van der Waals surface area contributed by atoms with E-state index in [2.05, 4.69) is 0 Å². The first-order valence-corrected chi connectivity index (χ1v) is 5.11. The molecule has 0 saturated carbocycles. The van der Waals surface area contributed by atoms with Gasteiger partial charge in [0.15, 0.2) is 0 Å². The normalized spacial score (nSPS) is 26.1. The molecular weight excluding hydrogens is 193 g/mol. The lowest BCUT2D eigenvalue weighted by molar-refractivity contribution is -0.130. The van der Waals surface area contributed by atoms with Gasteiger partial charge in [-0.25, -0.2) is 4.39 Å². The van der Waals surface area contributed by atoms with Crippen molar-refractivity contribution in [1.29, 1.82) is 0 Å². The molecule has 0 aliphatic carbocycles. The van der Waals surface area contributed by atoms with Gasteiger partial charge in [0, 0.05) is 13.0 Å². The number of hydrogen-bond acceptors (Lipinski definition) is 1. The highest BCUT2D eigenvalue weighted by Crippen LogP contribution is 2.34. The first-order valence-electron chi connectivity index (χ1n) is 5.11. The van der Waals surface area contributed by atoms with Crippen molar-refractivity contribution in [2.24, 2.45) is 5.92 Å². The van der Waals surface area contributed by atoms with Crippen LogP contribution in [-0.2, 0) is 4.79 Å². The van der Waals surface area contributed by atoms with Gasteiger partial charge in [0.2, 0.25) is 5.91 Å². The van der Waals surface area contributed by atoms with E-state index < -0.39 is 0 Å². The van der Waals surface area contributed by atoms with Crippen LogP contribution in [0.3, 0.4) is 0 Å². The van der Waals surface area contributed by atoms with E-state index >= 15 is 0 Å². The lowest BCUT2D eigenvalue weighted by atomic mass is 10.0. The summed E-state index contributed by atoms with van der Waals surface area (Å²) in [7, 11) is 1.81. The largest absolute Gasteiger partial charge is 0.338 e.